The standard InChI is InChI=1S/C23H15ClF3NO4/c24-16-3-1-2-14-20(16)28(10-13-4-5-19(32-13)23(25,26)27)21(29)22(14)11-31-18-9-17-12(6-7-30-17)8-15(18)22/h1-5,8-9H,6-7,10-11H2. The van der Waals surface area contributed by atoms with E-state index in [2.05, 4.69) is 0 Å². The first-order valence-electron chi connectivity index (χ1n) is 9.99. The van der Waals surface area contributed by atoms with E-state index in [0.717, 1.165) is 23.8 Å². The number of fused-ring (bicyclic) bond motifs is 5. The number of carbonyl (C=O) groups excluding carboxylic acids is 1. The molecule has 5 nitrogen and oxygen atoms in total. The van der Waals surface area contributed by atoms with Crippen LogP contribution in [0.2, 0.25) is 5.02 Å². The zero-order chi connectivity index (χ0) is 22.3. The van der Waals surface area contributed by atoms with E-state index < -0.39 is 17.4 Å². The van der Waals surface area contributed by atoms with Crippen LogP contribution in [0.15, 0.2) is 46.9 Å². The number of ether oxygens (including phenoxy) is 2. The molecule has 9 heteroatoms. The third-order valence-corrected chi connectivity index (χ3v) is 6.58. The summed E-state index contributed by atoms with van der Waals surface area (Å²) >= 11 is 6.49. The molecule has 1 unspecified atom stereocenters. The molecule has 2 aromatic carbocycles. The number of hydrogen-bond acceptors (Lipinski definition) is 4. The second-order valence-electron chi connectivity index (χ2n) is 8.04. The maximum Gasteiger partial charge on any atom is 0.449 e. The molecule has 164 valence electrons. The van der Waals surface area contributed by atoms with Crippen molar-refractivity contribution in [3.05, 3.63) is 75.7 Å². The van der Waals surface area contributed by atoms with Crippen LogP contribution in [0.3, 0.4) is 0 Å². The van der Waals surface area contributed by atoms with Gasteiger partial charge in [0.15, 0.2) is 0 Å². The van der Waals surface area contributed by atoms with Crippen molar-refractivity contribution in [1.29, 1.82) is 0 Å². The molecule has 0 aliphatic carbocycles. The summed E-state index contributed by atoms with van der Waals surface area (Å²) in [6.45, 7) is 0.449. The minimum atomic E-state index is -4.61. The van der Waals surface area contributed by atoms with Crippen LogP contribution in [0.25, 0.3) is 0 Å². The molecule has 0 bridgehead atoms. The number of halogens is 4. The number of amides is 1. The summed E-state index contributed by atoms with van der Waals surface area (Å²) in [6.07, 6.45) is -3.88. The molecule has 6 rings (SSSR count). The number of anilines is 1. The van der Waals surface area contributed by atoms with E-state index in [0.29, 0.717) is 34.2 Å². The second-order valence-corrected chi connectivity index (χ2v) is 8.45. The van der Waals surface area contributed by atoms with E-state index in [-0.39, 0.29) is 24.8 Å². The van der Waals surface area contributed by atoms with Crippen molar-refractivity contribution in [3.63, 3.8) is 0 Å². The van der Waals surface area contributed by atoms with Gasteiger partial charge in [-0.1, -0.05) is 23.7 Å². The molecule has 1 aromatic heterocycles. The van der Waals surface area contributed by atoms with E-state index >= 15 is 0 Å². The van der Waals surface area contributed by atoms with Crippen LogP contribution in [0, 0.1) is 0 Å². The Kier molecular flexibility index (Phi) is 3.94. The Hall–Kier alpha value is -3.13. The molecule has 0 saturated heterocycles. The minimum Gasteiger partial charge on any atom is -0.493 e. The molecule has 0 saturated carbocycles. The summed E-state index contributed by atoms with van der Waals surface area (Å²) in [7, 11) is 0. The summed E-state index contributed by atoms with van der Waals surface area (Å²) < 4.78 is 55.5. The van der Waals surface area contributed by atoms with Crippen molar-refractivity contribution in [2.45, 2.75) is 24.6 Å². The van der Waals surface area contributed by atoms with Gasteiger partial charge >= 0.3 is 6.18 Å². The van der Waals surface area contributed by atoms with Crippen LogP contribution in [-0.2, 0) is 29.4 Å². The van der Waals surface area contributed by atoms with Crippen molar-refractivity contribution in [3.8, 4) is 11.5 Å². The number of carbonyl (C=O) groups is 1. The predicted octanol–water partition coefficient (Wildman–Crippen LogP) is 5.11. The lowest BCUT2D eigenvalue weighted by Gasteiger charge is -2.23. The first-order chi connectivity index (χ1) is 15.3. The lowest BCUT2D eigenvalue weighted by atomic mass is 9.76. The quantitative estimate of drug-likeness (QED) is 0.532. The number of furan rings is 1. The van der Waals surface area contributed by atoms with Gasteiger partial charge in [0, 0.05) is 23.6 Å². The summed E-state index contributed by atoms with van der Waals surface area (Å²) in [5.41, 5.74) is 1.69. The zero-order valence-electron chi connectivity index (χ0n) is 16.5. The minimum absolute atomic E-state index is 0.00934. The van der Waals surface area contributed by atoms with E-state index in [1.165, 1.54) is 11.0 Å². The maximum absolute atomic E-state index is 13.9. The summed E-state index contributed by atoms with van der Waals surface area (Å²) in [4.78, 5) is 15.3. The lowest BCUT2D eigenvalue weighted by molar-refractivity contribution is -0.153. The Labute approximate surface area is 185 Å². The molecule has 0 fully saturated rings. The fourth-order valence-corrected chi connectivity index (χ4v) is 5.10. The molecule has 1 spiro atoms. The van der Waals surface area contributed by atoms with E-state index in [1.54, 1.807) is 18.2 Å². The van der Waals surface area contributed by atoms with Crippen LogP contribution < -0.4 is 14.4 Å². The summed E-state index contributed by atoms with van der Waals surface area (Å²) in [5.74, 6) is -0.120. The Bertz CT molecular complexity index is 1280. The maximum atomic E-state index is 13.9. The van der Waals surface area contributed by atoms with Gasteiger partial charge in [-0.3, -0.25) is 4.79 Å². The van der Waals surface area contributed by atoms with E-state index in [9.17, 15) is 18.0 Å². The van der Waals surface area contributed by atoms with Crippen molar-refractivity contribution in [1.82, 2.24) is 0 Å². The molecular weight excluding hydrogens is 447 g/mol. The Morgan fingerprint density at radius 2 is 1.91 bits per heavy atom. The largest absolute Gasteiger partial charge is 0.493 e. The van der Waals surface area contributed by atoms with Crippen LogP contribution in [0.1, 0.15) is 28.2 Å². The Morgan fingerprint density at radius 3 is 2.69 bits per heavy atom. The highest BCUT2D eigenvalue weighted by molar-refractivity contribution is 6.35. The van der Waals surface area contributed by atoms with Gasteiger partial charge in [-0.2, -0.15) is 13.2 Å². The normalized spacial score (nSPS) is 20.9. The molecule has 3 aliphatic heterocycles. The van der Waals surface area contributed by atoms with Crippen LogP contribution >= 0.6 is 11.6 Å². The molecule has 32 heavy (non-hydrogen) atoms. The van der Waals surface area contributed by atoms with Gasteiger partial charge in [-0.25, -0.2) is 0 Å². The number of nitrogens with zero attached hydrogens (tertiary/aromatic N) is 1. The number of alkyl halides is 3. The van der Waals surface area contributed by atoms with Gasteiger partial charge in [0.2, 0.25) is 11.7 Å². The zero-order valence-corrected chi connectivity index (χ0v) is 17.2. The van der Waals surface area contributed by atoms with E-state index in [4.69, 9.17) is 25.5 Å². The average Bonchev–Trinajstić information content (AvgIpc) is 3.51. The topological polar surface area (TPSA) is 51.9 Å². The molecule has 0 N–H and O–H groups in total. The number of para-hydroxylation sites is 1. The molecule has 3 aliphatic rings. The molecule has 0 radical (unpaired) electrons. The van der Waals surface area contributed by atoms with Gasteiger partial charge < -0.3 is 18.8 Å². The first-order valence-corrected chi connectivity index (χ1v) is 10.4. The smallest absolute Gasteiger partial charge is 0.449 e. The third kappa shape index (κ3) is 2.56. The van der Waals surface area contributed by atoms with Crippen LogP contribution in [0.4, 0.5) is 18.9 Å². The number of benzene rings is 2. The van der Waals surface area contributed by atoms with Crippen molar-refractivity contribution in [2.24, 2.45) is 0 Å². The molecule has 1 atom stereocenters. The summed E-state index contributed by atoms with van der Waals surface area (Å²) in [5, 5.41) is 0.327. The third-order valence-electron chi connectivity index (χ3n) is 6.28. The molecule has 3 aromatic rings. The van der Waals surface area contributed by atoms with Crippen molar-refractivity contribution >= 4 is 23.2 Å². The highest BCUT2D eigenvalue weighted by Crippen LogP contribution is 2.55. The second kappa shape index (κ2) is 6.45. The first kappa shape index (κ1) is 19.5. The monoisotopic (exact) mass is 461 g/mol. The highest BCUT2D eigenvalue weighted by Gasteiger charge is 2.58. The lowest BCUT2D eigenvalue weighted by Crippen LogP contribution is -2.42. The van der Waals surface area contributed by atoms with Gasteiger partial charge in [0.05, 0.1) is 23.9 Å². The summed E-state index contributed by atoms with van der Waals surface area (Å²) in [6, 6.07) is 11.0. The fourth-order valence-electron chi connectivity index (χ4n) is 4.83. The Balaban J connectivity index is 1.48. The molecular formula is C23H15ClF3NO4. The van der Waals surface area contributed by atoms with Gasteiger partial charge in [0.25, 0.3) is 0 Å². The van der Waals surface area contributed by atoms with Crippen molar-refractivity contribution < 1.29 is 31.9 Å². The highest BCUT2D eigenvalue weighted by atomic mass is 35.5. The number of hydrogen-bond donors (Lipinski definition) is 0. The van der Waals surface area contributed by atoms with E-state index in [1.807, 2.05) is 12.1 Å². The molecule has 4 heterocycles. The fraction of sp³-hybridized carbons (Fsp3) is 0.261. The van der Waals surface area contributed by atoms with Crippen molar-refractivity contribution in [2.75, 3.05) is 18.1 Å². The van der Waals surface area contributed by atoms with Gasteiger partial charge in [-0.05, 0) is 29.8 Å². The molecule has 1 amide bonds. The van der Waals surface area contributed by atoms with Crippen LogP contribution in [-0.4, -0.2) is 19.1 Å². The number of rotatable bonds is 2. The SMILES string of the molecule is O=C1N(Cc2ccc(C(F)(F)F)o2)c2c(Cl)cccc2C12COc1cc3c(cc12)CCO3. The van der Waals surface area contributed by atoms with Crippen LogP contribution in [0.5, 0.6) is 11.5 Å². The Morgan fingerprint density at radius 1 is 1.06 bits per heavy atom. The average molecular weight is 462 g/mol. The predicted molar refractivity (Wildman–Crippen MR) is 108 cm³/mol. The van der Waals surface area contributed by atoms with Gasteiger partial charge in [0.1, 0.15) is 29.3 Å². The van der Waals surface area contributed by atoms with Gasteiger partial charge in [-0.15, -0.1) is 0 Å².